The quantitative estimate of drug-likeness (QED) is 0.850. The number of nitrogens with zero attached hydrogens (tertiary/aromatic N) is 2. The van der Waals surface area contributed by atoms with Gasteiger partial charge in [0, 0.05) is 26.3 Å². The van der Waals surface area contributed by atoms with Crippen LogP contribution in [0.5, 0.6) is 0 Å². The molecule has 0 aliphatic carbocycles. The monoisotopic (exact) mass is 348 g/mol. The summed E-state index contributed by atoms with van der Waals surface area (Å²) in [5, 5.41) is 0. The van der Waals surface area contributed by atoms with Crippen molar-refractivity contribution in [3.05, 3.63) is 59.9 Å². The highest BCUT2D eigenvalue weighted by Crippen LogP contribution is 2.37. The van der Waals surface area contributed by atoms with Crippen molar-refractivity contribution in [1.82, 2.24) is 4.31 Å². The highest BCUT2D eigenvalue weighted by atomic mass is 32.2. The first-order valence-corrected chi connectivity index (χ1v) is 9.38. The van der Waals surface area contributed by atoms with Crippen LogP contribution in [-0.2, 0) is 10.0 Å². The van der Waals surface area contributed by atoms with Crippen molar-refractivity contribution in [2.75, 3.05) is 25.5 Å². The van der Waals surface area contributed by atoms with E-state index in [4.69, 9.17) is 0 Å². The average molecular weight is 348 g/mol. The lowest BCUT2D eigenvalue weighted by atomic mass is 10.1. The summed E-state index contributed by atoms with van der Waals surface area (Å²) in [5.41, 5.74) is 2.06. The van der Waals surface area contributed by atoms with E-state index in [1.165, 1.54) is 28.6 Å². The molecule has 0 spiro atoms. The number of hydrogen-bond acceptors (Lipinski definition) is 3. The second-order valence-electron chi connectivity index (χ2n) is 6.21. The van der Waals surface area contributed by atoms with Gasteiger partial charge in [0.2, 0.25) is 10.0 Å². The molecule has 0 radical (unpaired) electrons. The molecule has 1 unspecified atom stereocenters. The van der Waals surface area contributed by atoms with Crippen LogP contribution in [0.25, 0.3) is 0 Å². The topological polar surface area (TPSA) is 40.6 Å². The molecule has 0 amide bonds. The van der Waals surface area contributed by atoms with Gasteiger partial charge in [-0.1, -0.05) is 12.1 Å². The highest BCUT2D eigenvalue weighted by molar-refractivity contribution is 7.89. The van der Waals surface area contributed by atoms with E-state index >= 15 is 0 Å². The van der Waals surface area contributed by atoms with Crippen LogP contribution in [0.15, 0.2) is 53.4 Å². The Morgan fingerprint density at radius 2 is 1.67 bits per heavy atom. The Balaban J connectivity index is 1.91. The maximum Gasteiger partial charge on any atom is 0.243 e. The summed E-state index contributed by atoms with van der Waals surface area (Å²) < 4.78 is 40.4. The Morgan fingerprint density at radius 1 is 1.04 bits per heavy atom. The molecule has 0 bridgehead atoms. The fourth-order valence-corrected chi connectivity index (χ4v) is 4.78. The third kappa shape index (κ3) is 3.16. The Morgan fingerprint density at radius 3 is 2.25 bits per heavy atom. The summed E-state index contributed by atoms with van der Waals surface area (Å²) in [6.07, 6.45) is 1.61. The highest BCUT2D eigenvalue weighted by Gasteiger charge is 2.36. The van der Waals surface area contributed by atoms with Gasteiger partial charge in [-0.2, -0.15) is 4.31 Å². The Kier molecular flexibility index (Phi) is 4.60. The molecule has 1 aliphatic heterocycles. The third-order valence-electron chi connectivity index (χ3n) is 4.42. The van der Waals surface area contributed by atoms with Crippen molar-refractivity contribution >= 4 is 15.7 Å². The number of sulfonamides is 1. The molecule has 6 heteroatoms. The predicted octanol–water partition coefficient (Wildman–Crippen LogP) is 3.42. The van der Waals surface area contributed by atoms with Crippen LogP contribution in [0.4, 0.5) is 10.1 Å². The summed E-state index contributed by atoms with van der Waals surface area (Å²) in [6.45, 7) is 0.486. The summed E-state index contributed by atoms with van der Waals surface area (Å²) in [4.78, 5) is 2.14. The van der Waals surface area contributed by atoms with Gasteiger partial charge in [-0.25, -0.2) is 12.8 Å². The molecule has 0 saturated carbocycles. The van der Waals surface area contributed by atoms with Crippen molar-refractivity contribution in [2.24, 2.45) is 0 Å². The Hall–Kier alpha value is -1.92. The number of anilines is 1. The lowest BCUT2D eigenvalue weighted by Gasteiger charge is -2.25. The van der Waals surface area contributed by atoms with Gasteiger partial charge >= 0.3 is 0 Å². The van der Waals surface area contributed by atoms with Crippen LogP contribution in [0.1, 0.15) is 24.4 Å². The van der Waals surface area contributed by atoms with E-state index in [0.29, 0.717) is 6.54 Å². The minimum Gasteiger partial charge on any atom is -0.378 e. The average Bonchev–Trinajstić information content (AvgIpc) is 3.06. The van der Waals surface area contributed by atoms with Crippen molar-refractivity contribution in [1.29, 1.82) is 0 Å². The van der Waals surface area contributed by atoms with E-state index in [-0.39, 0.29) is 10.9 Å². The number of hydrogen-bond donors (Lipinski definition) is 0. The van der Waals surface area contributed by atoms with Crippen molar-refractivity contribution in [3.8, 4) is 0 Å². The summed E-state index contributed by atoms with van der Waals surface area (Å²) in [7, 11) is 0.313. The second-order valence-corrected chi connectivity index (χ2v) is 8.10. The molecule has 128 valence electrons. The molecule has 1 aliphatic rings. The number of rotatable bonds is 4. The zero-order valence-corrected chi connectivity index (χ0v) is 14.6. The molecule has 24 heavy (non-hydrogen) atoms. The molecule has 1 fully saturated rings. The molecule has 0 N–H and O–H groups in total. The molecule has 1 saturated heterocycles. The molecule has 2 aromatic rings. The van der Waals surface area contributed by atoms with Crippen LogP contribution in [0.2, 0.25) is 0 Å². The Bertz CT molecular complexity index is 802. The van der Waals surface area contributed by atoms with Gasteiger partial charge < -0.3 is 4.90 Å². The summed E-state index contributed by atoms with van der Waals surface area (Å²) in [5.74, 6) is -0.439. The SMILES string of the molecule is CN(C)c1ccc(C2CCCN2S(=O)(=O)c2ccc(F)cc2)cc1. The van der Waals surface area contributed by atoms with Gasteiger partial charge in [-0.15, -0.1) is 0 Å². The van der Waals surface area contributed by atoms with Gasteiger partial charge in [-0.3, -0.25) is 0 Å². The smallest absolute Gasteiger partial charge is 0.243 e. The van der Waals surface area contributed by atoms with Crippen LogP contribution in [0, 0.1) is 5.82 Å². The first-order valence-electron chi connectivity index (χ1n) is 7.94. The largest absolute Gasteiger partial charge is 0.378 e. The fraction of sp³-hybridized carbons (Fsp3) is 0.333. The van der Waals surface area contributed by atoms with Crippen LogP contribution < -0.4 is 4.90 Å². The van der Waals surface area contributed by atoms with Gasteiger partial charge in [0.1, 0.15) is 5.82 Å². The normalized spacial score (nSPS) is 18.7. The lowest BCUT2D eigenvalue weighted by molar-refractivity contribution is 0.396. The van der Waals surface area contributed by atoms with Crippen molar-refractivity contribution in [3.63, 3.8) is 0 Å². The van der Waals surface area contributed by atoms with Crippen molar-refractivity contribution in [2.45, 2.75) is 23.8 Å². The molecular formula is C18H21FN2O2S. The zero-order chi connectivity index (χ0) is 17.3. The minimum absolute atomic E-state index is 0.140. The first-order chi connectivity index (χ1) is 11.4. The first kappa shape index (κ1) is 16.9. The standard InChI is InChI=1S/C18H21FN2O2S/c1-20(2)16-9-5-14(6-10-16)18-4-3-13-21(18)24(22,23)17-11-7-15(19)8-12-17/h5-12,18H,3-4,13H2,1-2H3. The third-order valence-corrected chi connectivity index (χ3v) is 6.34. The minimum atomic E-state index is -3.62. The van der Waals surface area contributed by atoms with E-state index in [0.717, 1.165) is 24.1 Å². The van der Waals surface area contributed by atoms with Crippen LogP contribution in [0.3, 0.4) is 0 Å². The van der Waals surface area contributed by atoms with E-state index in [1.807, 2.05) is 43.3 Å². The zero-order valence-electron chi connectivity index (χ0n) is 13.8. The summed E-state index contributed by atoms with van der Waals surface area (Å²) >= 11 is 0. The van der Waals surface area contributed by atoms with Gasteiger partial charge in [-0.05, 0) is 54.8 Å². The van der Waals surface area contributed by atoms with Crippen molar-refractivity contribution < 1.29 is 12.8 Å². The molecule has 0 aromatic heterocycles. The maximum absolute atomic E-state index is 13.1. The van der Waals surface area contributed by atoms with Gasteiger partial charge in [0.25, 0.3) is 0 Å². The lowest BCUT2D eigenvalue weighted by Crippen LogP contribution is -2.30. The second kappa shape index (κ2) is 6.53. The molecular weight excluding hydrogens is 327 g/mol. The molecule has 2 aromatic carbocycles. The molecule has 4 nitrogen and oxygen atoms in total. The maximum atomic E-state index is 13.1. The Labute approximate surface area is 142 Å². The molecule has 1 heterocycles. The van der Waals surface area contributed by atoms with Gasteiger partial charge in [0.15, 0.2) is 0 Å². The molecule has 1 atom stereocenters. The predicted molar refractivity (Wildman–Crippen MR) is 93.0 cm³/mol. The molecule has 3 rings (SSSR count). The van der Waals surface area contributed by atoms with E-state index in [9.17, 15) is 12.8 Å². The van der Waals surface area contributed by atoms with Gasteiger partial charge in [0.05, 0.1) is 10.9 Å². The van der Waals surface area contributed by atoms with Crippen LogP contribution >= 0.6 is 0 Å². The fourth-order valence-electron chi connectivity index (χ4n) is 3.10. The van der Waals surface area contributed by atoms with E-state index in [2.05, 4.69) is 0 Å². The van der Waals surface area contributed by atoms with E-state index in [1.54, 1.807) is 0 Å². The number of benzene rings is 2. The van der Waals surface area contributed by atoms with Crippen LogP contribution in [-0.4, -0.2) is 33.4 Å². The summed E-state index contributed by atoms with van der Waals surface area (Å²) in [6, 6.07) is 12.8. The number of halogens is 1. The van der Waals surface area contributed by atoms with E-state index < -0.39 is 15.8 Å².